The maximum atomic E-state index is 10.8. The minimum Gasteiger partial charge on any atom is -0.493 e. The number of thiazole rings is 1. The molecule has 1 fully saturated rings. The molecular formula is C19H20N2O3S2. The second kappa shape index (κ2) is 8.36. The fourth-order valence-corrected chi connectivity index (χ4v) is 4.13. The van der Waals surface area contributed by atoms with Gasteiger partial charge in [-0.3, -0.25) is 9.36 Å². The van der Waals surface area contributed by atoms with E-state index in [1.165, 1.54) is 29.5 Å². The van der Waals surface area contributed by atoms with Gasteiger partial charge in [0.25, 0.3) is 0 Å². The summed E-state index contributed by atoms with van der Waals surface area (Å²) in [6.07, 6.45) is 7.26. The molecule has 1 aliphatic heterocycles. The standard InChI is InChI=1S/C19H20N2O3S2/c22-17(23)13-21-18(24)16(26-19(21)25)6-4-5-14-7-9-15(10-8-14)20-11-2-1-3-12-20/h5-10,24H,1-3,11-13H2,(H,22,23). The SMILES string of the molecule is O=C(O)Cn1c(O)c(C=C=Cc2ccc(N3CCCCC3)cc2)sc1=S. The van der Waals surface area contributed by atoms with Crippen LogP contribution < -0.4 is 4.90 Å². The van der Waals surface area contributed by atoms with Gasteiger partial charge in [-0.15, -0.1) is 17.1 Å². The van der Waals surface area contributed by atoms with Gasteiger partial charge in [0, 0.05) is 24.9 Å². The summed E-state index contributed by atoms with van der Waals surface area (Å²) < 4.78 is 1.52. The van der Waals surface area contributed by atoms with Crippen LogP contribution in [0.5, 0.6) is 5.88 Å². The highest BCUT2D eigenvalue weighted by atomic mass is 32.1. The van der Waals surface area contributed by atoms with Crippen LogP contribution >= 0.6 is 23.6 Å². The van der Waals surface area contributed by atoms with Gasteiger partial charge in [0.15, 0.2) is 3.95 Å². The summed E-state index contributed by atoms with van der Waals surface area (Å²) in [4.78, 5) is 13.7. The van der Waals surface area contributed by atoms with Gasteiger partial charge >= 0.3 is 5.97 Å². The average molecular weight is 389 g/mol. The Hall–Kier alpha value is -2.34. The lowest BCUT2D eigenvalue weighted by Crippen LogP contribution is -2.29. The normalized spacial score (nSPS) is 13.9. The lowest BCUT2D eigenvalue weighted by atomic mass is 10.1. The van der Waals surface area contributed by atoms with Gasteiger partial charge in [-0.05, 0) is 55.3 Å². The van der Waals surface area contributed by atoms with E-state index in [9.17, 15) is 9.90 Å². The Bertz CT molecular complexity index is 900. The molecule has 0 unspecified atom stereocenters. The van der Waals surface area contributed by atoms with Crippen LogP contribution in [-0.2, 0) is 11.3 Å². The molecule has 7 heteroatoms. The number of piperidine rings is 1. The number of nitrogens with zero attached hydrogens (tertiary/aromatic N) is 2. The number of carboxylic acids is 1. The maximum absolute atomic E-state index is 10.8. The van der Waals surface area contributed by atoms with Crippen LogP contribution in [0.2, 0.25) is 0 Å². The summed E-state index contributed by atoms with van der Waals surface area (Å²) in [6.45, 7) is 1.88. The average Bonchev–Trinajstić information content (AvgIpc) is 2.90. The molecule has 0 saturated carbocycles. The second-order valence-electron chi connectivity index (χ2n) is 6.13. The van der Waals surface area contributed by atoms with Crippen molar-refractivity contribution in [2.24, 2.45) is 0 Å². The summed E-state index contributed by atoms with van der Waals surface area (Å²) in [5.41, 5.74) is 5.28. The lowest BCUT2D eigenvalue weighted by molar-refractivity contribution is -0.137. The lowest BCUT2D eigenvalue weighted by Gasteiger charge is -2.28. The Morgan fingerprint density at radius 3 is 2.54 bits per heavy atom. The number of benzene rings is 1. The van der Waals surface area contributed by atoms with Crippen LogP contribution in [0.3, 0.4) is 0 Å². The molecule has 2 heterocycles. The van der Waals surface area contributed by atoms with Crippen molar-refractivity contribution in [3.8, 4) is 5.88 Å². The topological polar surface area (TPSA) is 65.7 Å². The molecule has 136 valence electrons. The van der Waals surface area contributed by atoms with Crippen LogP contribution in [0.4, 0.5) is 5.69 Å². The van der Waals surface area contributed by atoms with Gasteiger partial charge in [0.05, 0.1) is 4.88 Å². The largest absolute Gasteiger partial charge is 0.493 e. The van der Waals surface area contributed by atoms with Crippen LogP contribution in [0.1, 0.15) is 29.7 Å². The van der Waals surface area contributed by atoms with Crippen LogP contribution in [0, 0.1) is 3.95 Å². The fraction of sp³-hybridized carbons (Fsp3) is 0.316. The van der Waals surface area contributed by atoms with E-state index >= 15 is 0 Å². The minimum absolute atomic E-state index is 0.135. The van der Waals surface area contributed by atoms with E-state index in [4.69, 9.17) is 17.3 Å². The van der Waals surface area contributed by atoms with Crippen molar-refractivity contribution in [1.82, 2.24) is 4.57 Å². The van der Waals surface area contributed by atoms with Gasteiger partial charge in [-0.2, -0.15) is 0 Å². The second-order valence-corrected chi connectivity index (χ2v) is 7.81. The molecule has 0 aliphatic carbocycles. The molecule has 1 aromatic carbocycles. The van der Waals surface area contributed by atoms with E-state index < -0.39 is 5.97 Å². The summed E-state index contributed by atoms with van der Waals surface area (Å²) in [7, 11) is 0. The Kier molecular flexibility index (Phi) is 5.93. The zero-order valence-electron chi connectivity index (χ0n) is 14.2. The number of anilines is 1. The summed E-state index contributed by atoms with van der Waals surface area (Å²) in [5, 5.41) is 18.9. The molecule has 0 bridgehead atoms. The van der Waals surface area contributed by atoms with E-state index in [2.05, 4.69) is 22.8 Å². The van der Waals surface area contributed by atoms with Gasteiger partial charge in [0.1, 0.15) is 6.54 Å². The van der Waals surface area contributed by atoms with Crippen molar-refractivity contribution in [2.75, 3.05) is 18.0 Å². The zero-order chi connectivity index (χ0) is 18.5. The molecule has 5 nitrogen and oxygen atoms in total. The molecule has 0 spiro atoms. The molecule has 1 aromatic heterocycles. The first-order valence-electron chi connectivity index (χ1n) is 8.46. The molecule has 2 aromatic rings. The Morgan fingerprint density at radius 2 is 1.88 bits per heavy atom. The first kappa shape index (κ1) is 18.5. The molecule has 3 rings (SSSR count). The Labute approximate surface area is 161 Å². The third-order valence-electron chi connectivity index (χ3n) is 4.27. The number of aromatic hydroxyl groups is 1. The number of hydrogen-bond acceptors (Lipinski definition) is 5. The molecular weight excluding hydrogens is 368 g/mol. The van der Waals surface area contributed by atoms with Gasteiger partial charge in [-0.1, -0.05) is 12.1 Å². The Morgan fingerprint density at radius 1 is 1.19 bits per heavy atom. The van der Waals surface area contributed by atoms with Crippen molar-refractivity contribution >= 4 is 47.4 Å². The predicted octanol–water partition coefficient (Wildman–Crippen LogP) is 4.39. The highest BCUT2D eigenvalue weighted by Crippen LogP contribution is 2.27. The summed E-state index contributed by atoms with van der Waals surface area (Å²) in [5.74, 6) is -1.18. The van der Waals surface area contributed by atoms with E-state index in [0.29, 0.717) is 8.83 Å². The zero-order valence-corrected chi connectivity index (χ0v) is 15.9. The quantitative estimate of drug-likeness (QED) is 0.588. The fourth-order valence-electron chi connectivity index (χ4n) is 2.93. The number of carbonyl (C=O) groups is 1. The van der Waals surface area contributed by atoms with E-state index in [1.807, 2.05) is 18.2 Å². The van der Waals surface area contributed by atoms with Gasteiger partial charge in [0.2, 0.25) is 5.88 Å². The molecule has 2 N–H and O–H groups in total. The predicted molar refractivity (Wildman–Crippen MR) is 107 cm³/mol. The van der Waals surface area contributed by atoms with E-state index in [1.54, 1.807) is 6.08 Å². The van der Waals surface area contributed by atoms with Crippen LogP contribution in [0.25, 0.3) is 12.2 Å². The smallest absolute Gasteiger partial charge is 0.323 e. The Balaban J connectivity index is 1.73. The summed E-state index contributed by atoms with van der Waals surface area (Å²) in [6, 6.07) is 8.32. The van der Waals surface area contributed by atoms with Crippen molar-refractivity contribution in [3.63, 3.8) is 0 Å². The molecule has 1 aliphatic rings. The highest BCUT2D eigenvalue weighted by molar-refractivity contribution is 7.73. The minimum atomic E-state index is -1.05. The number of carboxylic acid groups (broad SMARTS) is 1. The summed E-state index contributed by atoms with van der Waals surface area (Å²) >= 11 is 6.25. The number of aromatic nitrogens is 1. The van der Waals surface area contributed by atoms with Crippen LogP contribution in [0.15, 0.2) is 30.0 Å². The number of aliphatic carboxylic acids is 1. The van der Waals surface area contributed by atoms with Crippen molar-refractivity contribution in [1.29, 1.82) is 0 Å². The van der Waals surface area contributed by atoms with Crippen LogP contribution in [-0.4, -0.2) is 33.8 Å². The third kappa shape index (κ3) is 4.43. The first-order valence-corrected chi connectivity index (χ1v) is 9.69. The number of hydrogen-bond donors (Lipinski definition) is 2. The van der Waals surface area contributed by atoms with E-state index in [0.717, 1.165) is 30.0 Å². The van der Waals surface area contributed by atoms with Crippen molar-refractivity contribution in [2.45, 2.75) is 25.8 Å². The molecule has 0 atom stereocenters. The van der Waals surface area contributed by atoms with E-state index in [-0.39, 0.29) is 12.4 Å². The molecule has 1 saturated heterocycles. The third-order valence-corrected chi connectivity index (χ3v) is 5.65. The molecule has 0 amide bonds. The number of rotatable bonds is 5. The first-order chi connectivity index (χ1) is 12.5. The van der Waals surface area contributed by atoms with Crippen molar-refractivity contribution < 1.29 is 15.0 Å². The van der Waals surface area contributed by atoms with Gasteiger partial charge in [-0.25, -0.2) is 0 Å². The monoisotopic (exact) mass is 388 g/mol. The maximum Gasteiger partial charge on any atom is 0.323 e. The van der Waals surface area contributed by atoms with Crippen molar-refractivity contribution in [3.05, 3.63) is 44.4 Å². The van der Waals surface area contributed by atoms with Gasteiger partial charge < -0.3 is 15.1 Å². The highest BCUT2D eigenvalue weighted by Gasteiger charge is 2.12. The molecule has 26 heavy (non-hydrogen) atoms. The molecule has 0 radical (unpaired) electrons.